The van der Waals surface area contributed by atoms with Crippen molar-refractivity contribution in [3.63, 3.8) is 0 Å². The average molecular weight is 409 g/mol. The van der Waals surface area contributed by atoms with Gasteiger partial charge < -0.3 is 23.7 Å². The van der Waals surface area contributed by atoms with Crippen LogP contribution in [0.4, 0.5) is 0 Å². The number of esters is 1. The first kappa shape index (κ1) is 24.7. The van der Waals surface area contributed by atoms with E-state index in [1.54, 1.807) is 13.0 Å². The zero-order valence-corrected chi connectivity index (χ0v) is 18.5. The van der Waals surface area contributed by atoms with E-state index in [4.69, 9.17) is 23.7 Å². The smallest absolute Gasteiger partial charge is 0.330 e. The third kappa shape index (κ3) is 8.26. The van der Waals surface area contributed by atoms with E-state index >= 15 is 0 Å². The maximum absolute atomic E-state index is 11.9. The number of carbonyl (C=O) groups excluding carboxylic acids is 1. The number of carbonyl (C=O) groups is 1. The summed E-state index contributed by atoms with van der Waals surface area (Å²) in [6.07, 6.45) is 6.44. The van der Waals surface area contributed by atoms with Gasteiger partial charge in [-0.3, -0.25) is 0 Å². The molecule has 0 amide bonds. The lowest BCUT2D eigenvalue weighted by Gasteiger charge is -2.21. The van der Waals surface area contributed by atoms with Crippen LogP contribution in [0, 0.1) is 0 Å². The van der Waals surface area contributed by atoms with Crippen LogP contribution in [0.15, 0.2) is 12.1 Å². The fourth-order valence-corrected chi connectivity index (χ4v) is 2.46. The van der Waals surface area contributed by atoms with E-state index in [0.29, 0.717) is 61.6 Å². The van der Waals surface area contributed by atoms with Gasteiger partial charge in [-0.25, -0.2) is 4.79 Å². The Kier molecular flexibility index (Phi) is 12.4. The molecule has 0 saturated heterocycles. The second kappa shape index (κ2) is 14.6. The predicted molar refractivity (Wildman–Crippen MR) is 115 cm³/mol. The Hall–Kier alpha value is -2.37. The molecule has 0 bridgehead atoms. The molecule has 29 heavy (non-hydrogen) atoms. The summed E-state index contributed by atoms with van der Waals surface area (Å²) in [5.74, 6) is 1.84. The van der Waals surface area contributed by atoms with Crippen LogP contribution in [0.2, 0.25) is 0 Å². The van der Waals surface area contributed by atoms with Gasteiger partial charge in [0.05, 0.1) is 38.6 Å². The van der Waals surface area contributed by atoms with Crippen molar-refractivity contribution in [1.82, 2.24) is 0 Å². The maximum atomic E-state index is 11.9. The third-order valence-electron chi connectivity index (χ3n) is 3.70. The van der Waals surface area contributed by atoms with Gasteiger partial charge in [-0.05, 0) is 38.7 Å². The Balaban J connectivity index is 3.56. The molecule has 0 spiro atoms. The summed E-state index contributed by atoms with van der Waals surface area (Å²) in [6, 6.07) is 1.82. The molecule has 0 radical (unpaired) electrons. The summed E-state index contributed by atoms with van der Waals surface area (Å²) in [5, 5.41) is 0. The van der Waals surface area contributed by atoms with Crippen molar-refractivity contribution in [2.24, 2.45) is 0 Å². The van der Waals surface area contributed by atoms with Crippen LogP contribution >= 0.6 is 0 Å². The largest absolute Gasteiger partial charge is 0.490 e. The number of benzene rings is 1. The van der Waals surface area contributed by atoms with Gasteiger partial charge in [0.2, 0.25) is 0 Å². The fraction of sp³-hybridized carbons (Fsp3) is 0.609. The van der Waals surface area contributed by atoms with Crippen LogP contribution in [0.25, 0.3) is 6.08 Å². The average Bonchev–Trinajstić information content (AvgIpc) is 2.72. The standard InChI is InChI=1S/C23H36O6/c1-6-13-26-19-17-20(27-14-7-2)23(29-16-9-4)18(22(19)28-15-8-3)11-12-21(24)25-10-5/h11-12,17H,6-10,13-16H2,1-5H3. The lowest BCUT2D eigenvalue weighted by Crippen LogP contribution is -2.08. The summed E-state index contributed by atoms with van der Waals surface area (Å²) in [7, 11) is 0. The van der Waals surface area contributed by atoms with Gasteiger partial charge in [0, 0.05) is 12.1 Å². The molecular weight excluding hydrogens is 372 g/mol. The number of hydrogen-bond donors (Lipinski definition) is 0. The normalized spacial score (nSPS) is 10.8. The molecule has 0 fully saturated rings. The highest BCUT2D eigenvalue weighted by Gasteiger charge is 2.22. The Morgan fingerprint density at radius 1 is 0.759 bits per heavy atom. The zero-order chi connectivity index (χ0) is 21.5. The van der Waals surface area contributed by atoms with Gasteiger partial charge in [-0.15, -0.1) is 0 Å². The van der Waals surface area contributed by atoms with Crippen LogP contribution in [0.5, 0.6) is 23.0 Å². The molecule has 1 rings (SSSR count). The lowest BCUT2D eigenvalue weighted by molar-refractivity contribution is -0.137. The summed E-state index contributed by atoms with van der Waals surface area (Å²) in [5.41, 5.74) is 0.625. The predicted octanol–water partition coefficient (Wildman–Crippen LogP) is 5.42. The zero-order valence-electron chi connectivity index (χ0n) is 18.5. The monoisotopic (exact) mass is 408 g/mol. The van der Waals surface area contributed by atoms with E-state index in [1.807, 2.05) is 33.8 Å². The van der Waals surface area contributed by atoms with Crippen molar-refractivity contribution in [2.45, 2.75) is 60.3 Å². The molecule has 0 aliphatic rings. The van der Waals surface area contributed by atoms with E-state index in [-0.39, 0.29) is 0 Å². The molecule has 164 valence electrons. The SMILES string of the molecule is CCCOc1cc(OCCC)c(OCCC)c(C=CC(=O)OCC)c1OCCC. The van der Waals surface area contributed by atoms with Gasteiger partial charge in [0.1, 0.15) is 0 Å². The number of rotatable bonds is 15. The van der Waals surface area contributed by atoms with E-state index in [0.717, 1.165) is 25.7 Å². The summed E-state index contributed by atoms with van der Waals surface area (Å²) < 4.78 is 29.0. The molecular formula is C23H36O6. The molecule has 0 aliphatic heterocycles. The molecule has 0 aliphatic carbocycles. The number of ether oxygens (including phenoxy) is 5. The summed E-state index contributed by atoms with van der Waals surface area (Å²) in [6.45, 7) is 12.4. The summed E-state index contributed by atoms with van der Waals surface area (Å²) >= 11 is 0. The first-order chi connectivity index (χ1) is 14.1. The first-order valence-corrected chi connectivity index (χ1v) is 10.7. The molecule has 1 aromatic carbocycles. The van der Waals surface area contributed by atoms with E-state index in [1.165, 1.54) is 6.08 Å². The first-order valence-electron chi connectivity index (χ1n) is 10.7. The Morgan fingerprint density at radius 2 is 1.21 bits per heavy atom. The molecule has 0 N–H and O–H groups in total. The highest BCUT2D eigenvalue weighted by atomic mass is 16.5. The van der Waals surface area contributed by atoms with Crippen LogP contribution in [0.1, 0.15) is 65.9 Å². The van der Waals surface area contributed by atoms with Gasteiger partial charge >= 0.3 is 5.97 Å². The second-order valence-electron chi connectivity index (χ2n) is 6.42. The van der Waals surface area contributed by atoms with Crippen LogP contribution < -0.4 is 18.9 Å². The molecule has 0 unspecified atom stereocenters. The van der Waals surface area contributed by atoms with Crippen LogP contribution in [-0.2, 0) is 9.53 Å². The van der Waals surface area contributed by atoms with Gasteiger partial charge in [0.15, 0.2) is 23.0 Å². The van der Waals surface area contributed by atoms with Gasteiger partial charge in [0.25, 0.3) is 0 Å². The minimum Gasteiger partial charge on any atom is -0.490 e. The molecule has 6 nitrogen and oxygen atoms in total. The van der Waals surface area contributed by atoms with Gasteiger partial charge in [-0.1, -0.05) is 27.7 Å². The second-order valence-corrected chi connectivity index (χ2v) is 6.42. The lowest BCUT2D eigenvalue weighted by atomic mass is 10.1. The Labute approximate surface area is 175 Å². The molecule has 6 heteroatoms. The molecule has 0 atom stereocenters. The van der Waals surface area contributed by atoms with Crippen molar-refractivity contribution >= 4 is 12.0 Å². The van der Waals surface area contributed by atoms with Crippen molar-refractivity contribution in [3.8, 4) is 23.0 Å². The van der Waals surface area contributed by atoms with Crippen molar-refractivity contribution in [1.29, 1.82) is 0 Å². The van der Waals surface area contributed by atoms with Crippen molar-refractivity contribution < 1.29 is 28.5 Å². The molecule has 0 saturated carbocycles. The molecule has 1 aromatic rings. The minimum absolute atomic E-state index is 0.312. The Morgan fingerprint density at radius 3 is 1.62 bits per heavy atom. The van der Waals surface area contributed by atoms with Gasteiger partial charge in [-0.2, -0.15) is 0 Å². The third-order valence-corrected chi connectivity index (χ3v) is 3.70. The topological polar surface area (TPSA) is 63.2 Å². The Bertz CT molecular complexity index is 600. The maximum Gasteiger partial charge on any atom is 0.330 e. The van der Waals surface area contributed by atoms with Crippen LogP contribution in [0.3, 0.4) is 0 Å². The fourth-order valence-electron chi connectivity index (χ4n) is 2.46. The highest BCUT2D eigenvalue weighted by molar-refractivity contribution is 5.89. The quantitative estimate of drug-likeness (QED) is 0.285. The number of hydrogen-bond acceptors (Lipinski definition) is 6. The highest BCUT2D eigenvalue weighted by Crippen LogP contribution is 2.46. The van der Waals surface area contributed by atoms with E-state index in [9.17, 15) is 4.79 Å². The summed E-state index contributed by atoms with van der Waals surface area (Å²) in [4.78, 5) is 11.9. The van der Waals surface area contributed by atoms with Crippen molar-refractivity contribution in [2.75, 3.05) is 33.0 Å². The minimum atomic E-state index is -0.425. The molecule has 0 aromatic heterocycles. The van der Waals surface area contributed by atoms with E-state index < -0.39 is 5.97 Å². The van der Waals surface area contributed by atoms with Crippen molar-refractivity contribution in [3.05, 3.63) is 17.7 Å². The molecule has 0 heterocycles. The van der Waals surface area contributed by atoms with E-state index in [2.05, 4.69) is 0 Å². The van der Waals surface area contributed by atoms with Crippen LogP contribution in [-0.4, -0.2) is 39.0 Å².